The minimum absolute atomic E-state index is 0.259. The Labute approximate surface area is 149 Å². The maximum atomic E-state index is 13.8. The van der Waals surface area contributed by atoms with Gasteiger partial charge in [-0.3, -0.25) is 4.79 Å². The molecular formula is C18H18FN5O2. The lowest BCUT2D eigenvalue weighted by molar-refractivity contribution is 0.0933. The molecule has 3 heterocycles. The summed E-state index contributed by atoms with van der Waals surface area (Å²) in [6.07, 6.45) is 2.86. The molecule has 0 saturated carbocycles. The molecule has 3 N–H and O–H groups in total. The van der Waals surface area contributed by atoms with E-state index in [1.54, 1.807) is 18.5 Å². The molecule has 0 radical (unpaired) electrons. The highest BCUT2D eigenvalue weighted by Gasteiger charge is 2.20. The van der Waals surface area contributed by atoms with E-state index in [2.05, 4.69) is 25.6 Å². The van der Waals surface area contributed by atoms with Gasteiger partial charge in [-0.15, -0.1) is 0 Å². The number of hydrogen-bond acceptors (Lipinski definition) is 5. The van der Waals surface area contributed by atoms with Crippen LogP contribution in [0.2, 0.25) is 0 Å². The molecule has 1 amide bonds. The fourth-order valence-corrected chi connectivity index (χ4v) is 2.99. The first-order valence-electron chi connectivity index (χ1n) is 8.36. The molecule has 0 saturated heterocycles. The molecule has 8 heteroatoms. The Morgan fingerprint density at radius 3 is 3.00 bits per heavy atom. The van der Waals surface area contributed by atoms with Crippen molar-refractivity contribution in [2.75, 3.05) is 11.9 Å². The summed E-state index contributed by atoms with van der Waals surface area (Å²) in [6, 6.07) is 4.11. The number of ether oxygens (including phenoxy) is 1. The Hall–Kier alpha value is -3.16. The van der Waals surface area contributed by atoms with Crippen molar-refractivity contribution in [2.45, 2.75) is 26.0 Å². The van der Waals surface area contributed by atoms with E-state index < -0.39 is 0 Å². The fourth-order valence-electron chi connectivity index (χ4n) is 2.99. The molecule has 26 heavy (non-hydrogen) atoms. The fraction of sp³-hybridized carbons (Fsp3) is 0.278. The number of fused-ring (bicyclic) bond motifs is 2. The van der Waals surface area contributed by atoms with Crippen molar-refractivity contribution in [3.8, 4) is 5.75 Å². The molecule has 134 valence electrons. The van der Waals surface area contributed by atoms with Gasteiger partial charge in [0.2, 0.25) is 0 Å². The number of rotatable bonds is 0. The quantitative estimate of drug-likeness (QED) is 0.577. The zero-order valence-electron chi connectivity index (χ0n) is 14.3. The van der Waals surface area contributed by atoms with Crippen molar-refractivity contribution in [3.63, 3.8) is 0 Å². The Bertz CT molecular complexity index is 987. The summed E-state index contributed by atoms with van der Waals surface area (Å²) >= 11 is 0. The van der Waals surface area contributed by atoms with Gasteiger partial charge < -0.3 is 20.4 Å². The smallest absolute Gasteiger partial charge is 0.255 e. The van der Waals surface area contributed by atoms with Crippen LogP contribution in [0.3, 0.4) is 0 Å². The number of nitrogens with zero attached hydrogens (tertiary/aromatic N) is 2. The van der Waals surface area contributed by atoms with E-state index in [9.17, 15) is 9.18 Å². The van der Waals surface area contributed by atoms with Crippen LogP contribution in [0.4, 0.5) is 10.2 Å². The van der Waals surface area contributed by atoms with E-state index in [4.69, 9.17) is 4.74 Å². The van der Waals surface area contributed by atoms with Gasteiger partial charge in [0.1, 0.15) is 29.0 Å². The standard InChI is InChI=1S/C18H18FN5O2/c1-9-6-22-18(25)13-7-20-17-16(13)24-15(8-21-17)23-10(2)12-5-11(19)3-4-14(12)26-9/h3-5,7-10H,6H2,1-2H3,(H,20,21)(H,22,25)(H,23,24)/t9-,10+/m0/s1. The van der Waals surface area contributed by atoms with E-state index in [-0.39, 0.29) is 23.9 Å². The first kappa shape index (κ1) is 16.3. The average molecular weight is 355 g/mol. The Kier molecular flexibility index (Phi) is 3.95. The highest BCUT2D eigenvalue weighted by Crippen LogP contribution is 2.29. The monoisotopic (exact) mass is 355 g/mol. The Balaban J connectivity index is 1.82. The predicted octanol–water partition coefficient (Wildman–Crippen LogP) is 2.78. The summed E-state index contributed by atoms with van der Waals surface area (Å²) in [5.74, 6) is 0.438. The molecule has 0 spiro atoms. The number of carbonyl (C=O) groups excluding carboxylic acids is 1. The highest BCUT2D eigenvalue weighted by molar-refractivity contribution is 6.04. The molecule has 2 atom stereocenters. The maximum Gasteiger partial charge on any atom is 0.255 e. The second-order valence-corrected chi connectivity index (χ2v) is 6.34. The zero-order valence-corrected chi connectivity index (χ0v) is 14.3. The second-order valence-electron chi connectivity index (χ2n) is 6.34. The molecule has 2 aromatic heterocycles. The summed E-state index contributed by atoms with van der Waals surface area (Å²) in [4.78, 5) is 24.2. The lowest BCUT2D eigenvalue weighted by Gasteiger charge is -2.21. The van der Waals surface area contributed by atoms with Gasteiger partial charge in [0.05, 0.1) is 24.3 Å². The number of aromatic amines is 1. The zero-order chi connectivity index (χ0) is 18.3. The normalized spacial score (nSPS) is 20.2. The Morgan fingerprint density at radius 2 is 2.15 bits per heavy atom. The summed E-state index contributed by atoms with van der Waals surface area (Å²) in [5, 5.41) is 6.03. The number of carbonyl (C=O) groups is 1. The Morgan fingerprint density at radius 1 is 1.31 bits per heavy atom. The van der Waals surface area contributed by atoms with Crippen LogP contribution in [0.1, 0.15) is 35.8 Å². The van der Waals surface area contributed by atoms with Crippen LogP contribution >= 0.6 is 0 Å². The number of aromatic nitrogens is 3. The number of anilines is 1. The van der Waals surface area contributed by atoms with Crippen molar-refractivity contribution < 1.29 is 13.9 Å². The largest absolute Gasteiger partial charge is 0.489 e. The third kappa shape index (κ3) is 2.94. The van der Waals surface area contributed by atoms with Gasteiger partial charge in [0, 0.05) is 11.8 Å². The van der Waals surface area contributed by atoms with Crippen LogP contribution in [0.5, 0.6) is 5.75 Å². The van der Waals surface area contributed by atoms with Crippen molar-refractivity contribution in [1.29, 1.82) is 0 Å². The topological polar surface area (TPSA) is 91.9 Å². The molecule has 3 aromatic rings. The summed E-state index contributed by atoms with van der Waals surface area (Å²) < 4.78 is 19.7. The number of nitrogens with one attached hydrogen (secondary N) is 3. The summed E-state index contributed by atoms with van der Waals surface area (Å²) in [7, 11) is 0. The highest BCUT2D eigenvalue weighted by atomic mass is 19.1. The predicted molar refractivity (Wildman–Crippen MR) is 94.7 cm³/mol. The molecule has 2 bridgehead atoms. The van der Waals surface area contributed by atoms with E-state index in [1.165, 1.54) is 12.1 Å². The van der Waals surface area contributed by atoms with Crippen LogP contribution in [0.25, 0.3) is 11.2 Å². The summed E-state index contributed by atoms with van der Waals surface area (Å²) in [5.41, 5.74) is 2.09. The van der Waals surface area contributed by atoms with Crippen LogP contribution in [0.15, 0.2) is 30.6 Å². The minimum atomic E-state index is -0.347. The number of H-pyrrole nitrogens is 1. The van der Waals surface area contributed by atoms with Gasteiger partial charge >= 0.3 is 0 Å². The number of hydrogen-bond donors (Lipinski definition) is 3. The molecule has 1 aromatic carbocycles. The van der Waals surface area contributed by atoms with E-state index in [0.717, 1.165) is 0 Å². The second kappa shape index (κ2) is 6.29. The molecule has 4 rings (SSSR count). The lowest BCUT2D eigenvalue weighted by Crippen LogP contribution is -2.33. The third-order valence-corrected chi connectivity index (χ3v) is 4.31. The van der Waals surface area contributed by atoms with E-state index >= 15 is 0 Å². The van der Waals surface area contributed by atoms with Gasteiger partial charge in [-0.2, -0.15) is 0 Å². The van der Waals surface area contributed by atoms with Gasteiger partial charge in [-0.25, -0.2) is 14.4 Å². The van der Waals surface area contributed by atoms with Crippen LogP contribution in [-0.2, 0) is 0 Å². The maximum absolute atomic E-state index is 13.8. The van der Waals surface area contributed by atoms with Crippen molar-refractivity contribution >= 4 is 22.9 Å². The minimum Gasteiger partial charge on any atom is -0.489 e. The van der Waals surface area contributed by atoms with Crippen LogP contribution in [-0.4, -0.2) is 33.5 Å². The molecule has 0 fully saturated rings. The summed E-state index contributed by atoms with van der Waals surface area (Å²) in [6.45, 7) is 4.04. The van der Waals surface area contributed by atoms with Gasteiger partial charge in [0.25, 0.3) is 5.91 Å². The van der Waals surface area contributed by atoms with Gasteiger partial charge in [0.15, 0.2) is 5.65 Å². The van der Waals surface area contributed by atoms with Crippen molar-refractivity contribution in [2.24, 2.45) is 0 Å². The van der Waals surface area contributed by atoms with E-state index in [0.29, 0.717) is 40.4 Å². The average Bonchev–Trinajstić information content (AvgIpc) is 3.03. The number of benzene rings is 1. The first-order valence-corrected chi connectivity index (χ1v) is 8.36. The van der Waals surface area contributed by atoms with E-state index in [1.807, 2.05) is 13.8 Å². The van der Waals surface area contributed by atoms with Gasteiger partial charge in [-0.05, 0) is 32.0 Å². The number of amides is 1. The first-order chi connectivity index (χ1) is 12.5. The molecular weight excluding hydrogens is 337 g/mol. The van der Waals surface area contributed by atoms with Gasteiger partial charge in [-0.1, -0.05) is 0 Å². The molecule has 7 nitrogen and oxygen atoms in total. The lowest BCUT2D eigenvalue weighted by atomic mass is 10.1. The number of halogens is 1. The molecule has 1 aliphatic heterocycles. The van der Waals surface area contributed by atoms with Crippen LogP contribution in [0, 0.1) is 5.82 Å². The van der Waals surface area contributed by atoms with Crippen molar-refractivity contribution in [3.05, 3.63) is 47.5 Å². The van der Waals surface area contributed by atoms with Crippen molar-refractivity contribution in [1.82, 2.24) is 20.3 Å². The third-order valence-electron chi connectivity index (χ3n) is 4.31. The molecule has 1 aliphatic rings. The van der Waals surface area contributed by atoms with Crippen LogP contribution < -0.4 is 15.4 Å². The SMILES string of the molecule is C[C@H]1CNC(=O)c2c[nH]c3ncc(nc23)N[C@H](C)c2cc(F)ccc2O1. The molecule has 0 unspecified atom stereocenters. The molecule has 0 aliphatic carbocycles.